The van der Waals surface area contributed by atoms with Crippen LogP contribution in [0.15, 0.2) is 0 Å². The van der Waals surface area contributed by atoms with E-state index in [2.05, 4.69) is 31.9 Å². The number of carboxylic acids is 6. The fraction of sp³-hybridized carbons (Fsp3) is 0.800. The smallest absolute Gasteiger partial charge is 0.320 e. The summed E-state index contributed by atoms with van der Waals surface area (Å²) in [5.41, 5.74) is 0. The van der Waals surface area contributed by atoms with Gasteiger partial charge in [-0.05, 0) is 116 Å². The van der Waals surface area contributed by atoms with Crippen molar-refractivity contribution in [2.24, 2.45) is 0 Å². The van der Waals surface area contributed by atoms with Gasteiger partial charge in [0.2, 0.25) is 0 Å². The molecule has 294 valence electrons. The molecule has 2 radical (unpaired) electrons. The van der Waals surface area contributed by atoms with Crippen LogP contribution in [0.2, 0.25) is 0 Å². The van der Waals surface area contributed by atoms with Gasteiger partial charge in [0.25, 0.3) is 0 Å². The van der Waals surface area contributed by atoms with Gasteiger partial charge in [-0.2, -0.15) is 0 Å². The van der Waals surface area contributed by atoms with E-state index in [9.17, 15) is 28.8 Å². The molecule has 20 heteroatoms. The normalized spacial score (nSPS) is 27.1. The number of carboxylic acid groups (broad SMARTS) is 6. The predicted octanol–water partition coefficient (Wildman–Crippen LogP) is -1.07. The van der Waals surface area contributed by atoms with Gasteiger partial charge < -0.3 is 62.5 Å². The molecule has 0 bridgehead atoms. The first-order valence-corrected chi connectivity index (χ1v) is 16.6. The van der Waals surface area contributed by atoms with Gasteiger partial charge in [0.1, 0.15) is 36.3 Å². The fourth-order valence-corrected chi connectivity index (χ4v) is 5.37. The molecule has 6 saturated heterocycles. The van der Waals surface area contributed by atoms with Gasteiger partial charge in [-0.3, -0.25) is 28.8 Å². The van der Waals surface area contributed by atoms with E-state index >= 15 is 0 Å². The fourth-order valence-electron chi connectivity index (χ4n) is 5.37. The Morgan fingerprint density at radius 1 is 0.300 bits per heavy atom. The van der Waals surface area contributed by atoms with Crippen molar-refractivity contribution in [2.45, 2.75) is 113 Å². The molecule has 6 aliphatic rings. The molecule has 12 N–H and O–H groups in total. The van der Waals surface area contributed by atoms with E-state index < -0.39 is 35.8 Å². The second-order valence-corrected chi connectivity index (χ2v) is 11.9. The van der Waals surface area contributed by atoms with Crippen LogP contribution >= 0.6 is 0 Å². The van der Waals surface area contributed by atoms with Crippen LogP contribution in [0.5, 0.6) is 0 Å². The van der Waals surface area contributed by atoms with Crippen LogP contribution < -0.4 is 31.9 Å². The van der Waals surface area contributed by atoms with E-state index in [1.54, 1.807) is 0 Å². The van der Waals surface area contributed by atoms with Crippen LogP contribution in [-0.4, -0.2) is 142 Å². The summed E-state index contributed by atoms with van der Waals surface area (Å²) in [4.78, 5) is 60.8. The zero-order chi connectivity index (χ0) is 35.9. The Morgan fingerprint density at radius 2 is 0.420 bits per heavy atom. The van der Waals surface area contributed by atoms with Gasteiger partial charge in [0.05, 0.1) is 0 Å². The Bertz CT molecular complexity index is 793. The Morgan fingerprint density at radius 3 is 0.460 bits per heavy atom. The van der Waals surface area contributed by atoms with E-state index in [1.807, 2.05) is 0 Å². The average molecular weight is 897 g/mol. The Kier molecular flexibility index (Phi) is 29.4. The molecular formula is C30H54N6O12Rh2. The number of hydrogen-bond acceptors (Lipinski definition) is 12. The third-order valence-electron chi connectivity index (χ3n) is 8.15. The van der Waals surface area contributed by atoms with Gasteiger partial charge in [0, 0.05) is 39.0 Å². The summed E-state index contributed by atoms with van der Waals surface area (Å²) in [7, 11) is 0. The third kappa shape index (κ3) is 22.6. The van der Waals surface area contributed by atoms with E-state index in [4.69, 9.17) is 30.6 Å². The molecular weight excluding hydrogens is 842 g/mol. The van der Waals surface area contributed by atoms with Crippen molar-refractivity contribution in [1.29, 1.82) is 0 Å². The molecule has 0 amide bonds. The molecule has 6 rings (SSSR count). The molecule has 0 aromatic heterocycles. The maximum absolute atomic E-state index is 10.1. The molecule has 6 fully saturated rings. The molecule has 18 nitrogen and oxygen atoms in total. The molecule has 0 unspecified atom stereocenters. The van der Waals surface area contributed by atoms with E-state index in [-0.39, 0.29) is 75.2 Å². The maximum atomic E-state index is 10.1. The SMILES string of the molecule is O=C(O)[C@@H]1CCCN1.O=C(O)[C@@H]1CCCN1.O=C(O)[C@@H]1CCCN1.O=C(O)[C@@H]1CCCN1.O=C(O)[C@@H]1CCCN1.O=C(O)[C@@H]1CCCN1.[Rh].[Rh]. The van der Waals surface area contributed by atoms with Crippen LogP contribution in [0.1, 0.15) is 77.0 Å². The molecule has 6 aliphatic heterocycles. The van der Waals surface area contributed by atoms with E-state index in [0.717, 1.165) is 116 Å². The zero-order valence-corrected chi connectivity index (χ0v) is 31.3. The quantitative estimate of drug-likeness (QED) is 0.141. The molecule has 0 aliphatic carbocycles. The summed E-state index contributed by atoms with van der Waals surface area (Å²) in [6.07, 6.45) is 10.7. The van der Waals surface area contributed by atoms with Gasteiger partial charge in [-0.1, -0.05) is 0 Å². The number of carbonyl (C=O) groups is 6. The number of hydrogen-bond donors (Lipinski definition) is 12. The minimum atomic E-state index is -0.720. The Balaban J connectivity index is 0. The van der Waals surface area contributed by atoms with Gasteiger partial charge >= 0.3 is 35.8 Å². The second-order valence-electron chi connectivity index (χ2n) is 11.9. The average Bonchev–Trinajstić information content (AvgIpc) is 3.91. The van der Waals surface area contributed by atoms with Crippen molar-refractivity contribution in [3.8, 4) is 0 Å². The summed E-state index contributed by atoms with van der Waals surface area (Å²) >= 11 is 0. The summed E-state index contributed by atoms with van der Waals surface area (Å²) < 4.78 is 0. The minimum absolute atomic E-state index is 0. The van der Waals surface area contributed by atoms with Crippen LogP contribution in [-0.2, 0) is 67.7 Å². The Hall–Kier alpha value is -2.17. The van der Waals surface area contributed by atoms with E-state index in [1.165, 1.54) is 0 Å². The molecule has 6 heterocycles. The molecule has 50 heavy (non-hydrogen) atoms. The number of aliphatic carboxylic acids is 6. The summed E-state index contributed by atoms with van der Waals surface area (Å²) in [5.74, 6) is -4.32. The molecule has 0 saturated carbocycles. The van der Waals surface area contributed by atoms with Gasteiger partial charge in [-0.15, -0.1) is 0 Å². The first-order chi connectivity index (χ1) is 22.8. The maximum Gasteiger partial charge on any atom is 0.320 e. The number of rotatable bonds is 6. The number of nitrogens with one attached hydrogen (secondary N) is 6. The summed E-state index contributed by atoms with van der Waals surface area (Å²) in [6, 6.07) is -1.61. The zero-order valence-electron chi connectivity index (χ0n) is 28.0. The van der Waals surface area contributed by atoms with Crippen LogP contribution in [0.25, 0.3) is 0 Å². The summed E-state index contributed by atoms with van der Waals surface area (Å²) in [5, 5.41) is 67.2. The summed E-state index contributed by atoms with van der Waals surface area (Å²) in [6.45, 7) is 5.15. The first kappa shape index (κ1) is 49.9. The molecule has 0 spiro atoms. The van der Waals surface area contributed by atoms with Gasteiger partial charge in [-0.25, -0.2) is 0 Å². The van der Waals surface area contributed by atoms with Crippen LogP contribution in [0.3, 0.4) is 0 Å². The molecule has 0 aromatic carbocycles. The van der Waals surface area contributed by atoms with Crippen molar-refractivity contribution in [3.63, 3.8) is 0 Å². The van der Waals surface area contributed by atoms with Crippen molar-refractivity contribution < 1.29 is 98.4 Å². The predicted molar refractivity (Wildman–Crippen MR) is 172 cm³/mol. The van der Waals surface area contributed by atoms with Crippen LogP contribution in [0, 0.1) is 0 Å². The topological polar surface area (TPSA) is 296 Å². The first-order valence-electron chi connectivity index (χ1n) is 16.6. The van der Waals surface area contributed by atoms with Gasteiger partial charge in [0.15, 0.2) is 0 Å². The Labute approximate surface area is 317 Å². The van der Waals surface area contributed by atoms with Crippen molar-refractivity contribution in [2.75, 3.05) is 39.3 Å². The molecule has 0 aromatic rings. The standard InChI is InChI=1S/6C5H9NO2.2Rh/c6*7-5(8)4-2-1-3-6-4;;/h6*4,6H,1-3H2,(H,7,8);;/t6*4-;;/m000000../s1. The third-order valence-corrected chi connectivity index (χ3v) is 8.15. The minimum Gasteiger partial charge on any atom is -0.480 e. The van der Waals surface area contributed by atoms with Crippen LogP contribution in [0.4, 0.5) is 0 Å². The largest absolute Gasteiger partial charge is 0.480 e. The van der Waals surface area contributed by atoms with Crippen molar-refractivity contribution >= 4 is 35.8 Å². The van der Waals surface area contributed by atoms with Crippen molar-refractivity contribution in [1.82, 2.24) is 31.9 Å². The second kappa shape index (κ2) is 29.4. The molecule has 6 atom stereocenters. The van der Waals surface area contributed by atoms with Crippen molar-refractivity contribution in [3.05, 3.63) is 0 Å². The monoisotopic (exact) mass is 896 g/mol. The van der Waals surface area contributed by atoms with E-state index in [0.29, 0.717) is 0 Å².